The van der Waals surface area contributed by atoms with E-state index in [9.17, 15) is 13.2 Å². The number of hydrogen-bond donors (Lipinski definition) is 2. The highest BCUT2D eigenvalue weighted by Crippen LogP contribution is 2.64. The van der Waals surface area contributed by atoms with E-state index in [2.05, 4.69) is 23.6 Å². The van der Waals surface area contributed by atoms with Gasteiger partial charge in [-0.15, -0.1) is 0 Å². The van der Waals surface area contributed by atoms with Crippen molar-refractivity contribution in [3.8, 4) is 0 Å². The Bertz CT molecular complexity index is 960. The predicted molar refractivity (Wildman–Crippen MR) is 102 cm³/mol. The number of nitrogens with one attached hydrogen (secondary N) is 2. The number of aromatic amines is 1. The Morgan fingerprint density at radius 3 is 2.73 bits per heavy atom. The number of Topliss-reactive ketones (excluding diaryl/α,β-unsaturated/α-hetero) is 1. The first-order chi connectivity index (χ1) is 12.3. The Balaban J connectivity index is 1.44. The molecule has 1 aromatic heterocycles. The van der Waals surface area contributed by atoms with Gasteiger partial charge in [0.25, 0.3) is 0 Å². The van der Waals surface area contributed by atoms with Gasteiger partial charge in [-0.05, 0) is 42.2 Å². The molecule has 2 bridgehead atoms. The van der Waals surface area contributed by atoms with Crippen molar-refractivity contribution in [2.24, 2.45) is 16.7 Å². The number of H-pyrrole nitrogens is 1. The molecular weight excluding hydrogens is 348 g/mol. The lowest BCUT2D eigenvalue weighted by Crippen LogP contribution is -2.45. The van der Waals surface area contributed by atoms with Gasteiger partial charge in [0.15, 0.2) is 0 Å². The van der Waals surface area contributed by atoms with E-state index in [0.717, 1.165) is 22.9 Å². The number of rotatable bonds is 6. The fourth-order valence-electron chi connectivity index (χ4n) is 5.16. The Labute approximate surface area is 154 Å². The van der Waals surface area contributed by atoms with Crippen LogP contribution in [-0.4, -0.2) is 31.5 Å². The van der Waals surface area contributed by atoms with Crippen LogP contribution in [-0.2, 0) is 21.2 Å². The molecule has 2 atom stereocenters. The van der Waals surface area contributed by atoms with E-state index < -0.39 is 15.4 Å². The van der Waals surface area contributed by atoms with Crippen LogP contribution in [0.3, 0.4) is 0 Å². The van der Waals surface area contributed by atoms with Crippen molar-refractivity contribution >= 4 is 26.7 Å². The van der Waals surface area contributed by atoms with Crippen molar-refractivity contribution in [2.45, 2.75) is 39.5 Å². The zero-order valence-electron chi connectivity index (χ0n) is 15.3. The molecular formula is C20H26N2O3S. The number of carbonyl (C=O) groups is 1. The Morgan fingerprint density at radius 2 is 2.04 bits per heavy atom. The highest BCUT2D eigenvalue weighted by Gasteiger charge is 2.65. The fraction of sp³-hybridized carbons (Fsp3) is 0.550. The van der Waals surface area contributed by atoms with Crippen LogP contribution in [0.5, 0.6) is 0 Å². The normalized spacial score (nSPS) is 27.5. The lowest BCUT2D eigenvalue weighted by molar-refractivity contribution is -0.128. The molecule has 0 saturated heterocycles. The second kappa shape index (κ2) is 5.92. The van der Waals surface area contributed by atoms with Crippen molar-refractivity contribution in [3.05, 3.63) is 36.0 Å². The number of ketones is 1. The maximum Gasteiger partial charge on any atom is 0.212 e. The minimum absolute atomic E-state index is 0.0732. The maximum absolute atomic E-state index is 12.7. The smallest absolute Gasteiger partial charge is 0.212 e. The van der Waals surface area contributed by atoms with Crippen molar-refractivity contribution in [2.75, 3.05) is 12.3 Å². The van der Waals surface area contributed by atoms with E-state index in [1.54, 1.807) is 0 Å². The standard InChI is InChI=1S/C20H26N2O3S/c1-19(2)15-7-9-20(19,18(23)11-15)13-26(24,25)22-10-8-14-12-21-17-6-4-3-5-16(14)17/h3-6,12,15,21-22H,7-11,13H2,1-2H3/t15-,20-/m0/s1. The zero-order valence-corrected chi connectivity index (χ0v) is 16.2. The molecule has 0 spiro atoms. The number of sulfonamides is 1. The highest BCUT2D eigenvalue weighted by molar-refractivity contribution is 7.89. The number of para-hydroxylation sites is 1. The first-order valence-corrected chi connectivity index (χ1v) is 11.0. The molecule has 0 unspecified atom stereocenters. The average Bonchev–Trinajstić information content (AvgIpc) is 3.14. The number of fused-ring (bicyclic) bond motifs is 3. The molecule has 5 nitrogen and oxygen atoms in total. The Morgan fingerprint density at radius 1 is 1.27 bits per heavy atom. The van der Waals surface area contributed by atoms with Crippen molar-refractivity contribution in [3.63, 3.8) is 0 Å². The molecule has 26 heavy (non-hydrogen) atoms. The summed E-state index contributed by atoms with van der Waals surface area (Å²) in [5.74, 6) is 0.396. The molecule has 2 aromatic rings. The molecule has 0 radical (unpaired) electrons. The fourth-order valence-corrected chi connectivity index (χ4v) is 7.00. The van der Waals surface area contributed by atoms with E-state index in [0.29, 0.717) is 31.7 Å². The van der Waals surface area contributed by atoms with Crippen LogP contribution in [0, 0.1) is 16.7 Å². The molecule has 2 aliphatic rings. The van der Waals surface area contributed by atoms with Crippen LogP contribution in [0.1, 0.15) is 38.7 Å². The second-order valence-electron chi connectivity index (χ2n) is 8.43. The number of hydrogen-bond acceptors (Lipinski definition) is 3. The summed E-state index contributed by atoms with van der Waals surface area (Å²) in [5.41, 5.74) is 1.22. The van der Waals surface area contributed by atoms with Gasteiger partial charge in [0.1, 0.15) is 5.78 Å². The van der Waals surface area contributed by atoms with Crippen LogP contribution in [0.25, 0.3) is 10.9 Å². The molecule has 2 saturated carbocycles. The molecule has 6 heteroatoms. The molecule has 2 aliphatic carbocycles. The molecule has 0 amide bonds. The van der Waals surface area contributed by atoms with Crippen LogP contribution >= 0.6 is 0 Å². The second-order valence-corrected chi connectivity index (χ2v) is 10.2. The monoisotopic (exact) mass is 374 g/mol. The van der Waals surface area contributed by atoms with E-state index in [1.165, 1.54) is 0 Å². The summed E-state index contributed by atoms with van der Waals surface area (Å²) in [5, 5.41) is 1.12. The topological polar surface area (TPSA) is 79.0 Å². The van der Waals surface area contributed by atoms with E-state index in [-0.39, 0.29) is 17.0 Å². The van der Waals surface area contributed by atoms with Crippen LogP contribution < -0.4 is 4.72 Å². The number of aromatic nitrogens is 1. The van der Waals surface area contributed by atoms with Gasteiger partial charge in [0, 0.05) is 35.5 Å². The quantitative estimate of drug-likeness (QED) is 0.816. The maximum atomic E-state index is 12.7. The summed E-state index contributed by atoms with van der Waals surface area (Å²) in [7, 11) is -3.50. The molecule has 2 N–H and O–H groups in total. The molecule has 1 aromatic carbocycles. The lowest BCUT2D eigenvalue weighted by Gasteiger charge is -2.36. The summed E-state index contributed by atoms with van der Waals surface area (Å²) in [6, 6.07) is 7.99. The Hall–Kier alpha value is -1.66. The van der Waals surface area contributed by atoms with Crippen molar-refractivity contribution in [1.82, 2.24) is 9.71 Å². The SMILES string of the molecule is CC1(C)[C@H]2CC[C@]1(CS(=O)(=O)NCCc1c[nH]c3ccccc13)C(=O)C2. The first kappa shape index (κ1) is 17.7. The van der Waals surface area contributed by atoms with Gasteiger partial charge in [0.05, 0.1) is 5.75 Å². The molecule has 0 aliphatic heterocycles. The minimum Gasteiger partial charge on any atom is -0.361 e. The van der Waals surface area contributed by atoms with Gasteiger partial charge in [0.2, 0.25) is 10.0 Å². The summed E-state index contributed by atoms with van der Waals surface area (Å²) in [6.45, 7) is 4.48. The van der Waals surface area contributed by atoms with Gasteiger partial charge >= 0.3 is 0 Å². The summed E-state index contributed by atoms with van der Waals surface area (Å²) in [4.78, 5) is 15.8. The highest BCUT2D eigenvalue weighted by atomic mass is 32.2. The minimum atomic E-state index is -3.50. The van der Waals surface area contributed by atoms with Gasteiger partial charge in [-0.2, -0.15) is 0 Å². The first-order valence-electron chi connectivity index (χ1n) is 9.31. The van der Waals surface area contributed by atoms with Gasteiger partial charge < -0.3 is 4.98 Å². The van der Waals surface area contributed by atoms with E-state index in [1.807, 2.05) is 30.5 Å². The third kappa shape index (κ3) is 2.62. The van der Waals surface area contributed by atoms with Gasteiger partial charge in [-0.3, -0.25) is 4.79 Å². The zero-order chi connectivity index (χ0) is 18.6. The number of benzene rings is 1. The largest absolute Gasteiger partial charge is 0.361 e. The summed E-state index contributed by atoms with van der Waals surface area (Å²) >= 11 is 0. The van der Waals surface area contributed by atoms with E-state index in [4.69, 9.17) is 0 Å². The number of carbonyl (C=O) groups excluding carboxylic acids is 1. The van der Waals surface area contributed by atoms with Gasteiger partial charge in [-0.25, -0.2) is 13.1 Å². The average molecular weight is 375 g/mol. The molecule has 4 rings (SSSR count). The third-order valence-electron chi connectivity index (χ3n) is 6.97. The van der Waals surface area contributed by atoms with E-state index >= 15 is 0 Å². The van der Waals surface area contributed by atoms with Crippen LogP contribution in [0.15, 0.2) is 30.5 Å². The molecule has 140 valence electrons. The van der Waals surface area contributed by atoms with Gasteiger partial charge in [-0.1, -0.05) is 32.0 Å². The molecule has 2 fully saturated rings. The Kier molecular flexibility index (Phi) is 4.04. The summed E-state index contributed by atoms with van der Waals surface area (Å²) in [6.07, 6.45) is 4.76. The van der Waals surface area contributed by atoms with Crippen molar-refractivity contribution in [1.29, 1.82) is 0 Å². The van der Waals surface area contributed by atoms with Crippen molar-refractivity contribution < 1.29 is 13.2 Å². The van der Waals surface area contributed by atoms with Crippen LogP contribution in [0.4, 0.5) is 0 Å². The summed E-state index contributed by atoms with van der Waals surface area (Å²) < 4.78 is 28.2. The third-order valence-corrected chi connectivity index (χ3v) is 8.48. The van der Waals surface area contributed by atoms with Crippen LogP contribution in [0.2, 0.25) is 0 Å². The lowest BCUT2D eigenvalue weighted by atomic mass is 9.70. The predicted octanol–water partition coefficient (Wildman–Crippen LogP) is 3.03. The molecule has 1 heterocycles.